The maximum Gasteiger partial charge on any atom is 0.317 e. The molecule has 0 aliphatic heterocycles. The van der Waals surface area contributed by atoms with E-state index in [0.29, 0.717) is 12.5 Å². The molecule has 0 bridgehead atoms. The van der Waals surface area contributed by atoms with Crippen molar-refractivity contribution < 1.29 is 4.79 Å². The fourth-order valence-corrected chi connectivity index (χ4v) is 2.90. The normalized spacial score (nSPS) is 15.7. The minimum atomic E-state index is -0.0765. The van der Waals surface area contributed by atoms with Gasteiger partial charge in [0.05, 0.1) is 6.04 Å². The number of urea groups is 1. The lowest BCUT2D eigenvalue weighted by molar-refractivity contribution is 0.154. The molecule has 1 atom stereocenters. The first kappa shape index (κ1) is 15.6. The number of rotatable bonds is 5. The minimum Gasteiger partial charge on any atom is -0.338 e. The SMILES string of the molecule is CN(C(=O)N[C@@H](Cc1nccn1C)c1ccccc1)C1CCC1. The smallest absolute Gasteiger partial charge is 0.317 e. The summed E-state index contributed by atoms with van der Waals surface area (Å²) in [5, 5.41) is 3.18. The Labute approximate surface area is 137 Å². The molecule has 2 amide bonds. The Hall–Kier alpha value is -2.30. The fraction of sp³-hybridized carbons (Fsp3) is 0.444. The van der Waals surface area contributed by atoms with E-state index in [2.05, 4.69) is 22.4 Å². The average molecular weight is 312 g/mol. The number of nitrogens with one attached hydrogen (secondary N) is 1. The molecular weight excluding hydrogens is 288 g/mol. The maximum atomic E-state index is 12.6. The second-order valence-electron chi connectivity index (χ2n) is 6.27. The second kappa shape index (κ2) is 6.86. The molecule has 0 unspecified atom stereocenters. The van der Waals surface area contributed by atoms with E-state index in [-0.39, 0.29) is 12.1 Å². The summed E-state index contributed by atoms with van der Waals surface area (Å²) in [5.41, 5.74) is 1.10. The van der Waals surface area contributed by atoms with Gasteiger partial charge in [-0.1, -0.05) is 30.3 Å². The molecule has 3 rings (SSSR count). The summed E-state index contributed by atoms with van der Waals surface area (Å²) in [7, 11) is 3.87. The highest BCUT2D eigenvalue weighted by Crippen LogP contribution is 2.24. The van der Waals surface area contributed by atoms with Crippen LogP contribution in [-0.4, -0.2) is 33.6 Å². The van der Waals surface area contributed by atoms with E-state index in [9.17, 15) is 4.79 Å². The highest BCUT2D eigenvalue weighted by molar-refractivity contribution is 5.75. The Morgan fingerprint density at radius 1 is 1.39 bits per heavy atom. The third-order valence-corrected chi connectivity index (χ3v) is 4.75. The standard InChI is InChI=1S/C18H24N4O/c1-21-12-11-19-17(21)13-16(14-7-4-3-5-8-14)20-18(23)22(2)15-9-6-10-15/h3-5,7-8,11-12,15-16H,6,9-10,13H2,1-2H3,(H,20,23)/t16-/m0/s1. The summed E-state index contributed by atoms with van der Waals surface area (Å²) in [4.78, 5) is 18.8. The van der Waals surface area contributed by atoms with Crippen molar-refractivity contribution in [1.29, 1.82) is 0 Å². The zero-order valence-corrected chi connectivity index (χ0v) is 13.8. The van der Waals surface area contributed by atoms with Crippen molar-refractivity contribution in [2.24, 2.45) is 7.05 Å². The van der Waals surface area contributed by atoms with E-state index in [1.807, 2.05) is 48.0 Å². The molecule has 0 radical (unpaired) electrons. The molecule has 5 nitrogen and oxygen atoms in total. The Kier molecular flexibility index (Phi) is 4.65. The number of benzene rings is 1. The van der Waals surface area contributed by atoms with Crippen molar-refractivity contribution in [1.82, 2.24) is 19.8 Å². The Morgan fingerprint density at radius 3 is 2.70 bits per heavy atom. The van der Waals surface area contributed by atoms with E-state index in [0.717, 1.165) is 24.2 Å². The lowest BCUT2D eigenvalue weighted by Crippen LogP contribution is -2.47. The predicted molar refractivity (Wildman–Crippen MR) is 90.0 cm³/mol. The summed E-state index contributed by atoms with van der Waals surface area (Å²) in [6.07, 6.45) is 7.84. The van der Waals surface area contributed by atoms with Gasteiger partial charge in [0, 0.05) is 39.0 Å². The Morgan fingerprint density at radius 2 is 2.13 bits per heavy atom. The summed E-state index contributed by atoms with van der Waals surface area (Å²) >= 11 is 0. The van der Waals surface area contributed by atoms with Crippen LogP contribution in [0.1, 0.15) is 36.7 Å². The van der Waals surface area contributed by atoms with Crippen LogP contribution in [0.3, 0.4) is 0 Å². The molecular formula is C18H24N4O. The van der Waals surface area contributed by atoms with Crippen LogP contribution in [0.5, 0.6) is 0 Å². The van der Waals surface area contributed by atoms with Gasteiger partial charge < -0.3 is 14.8 Å². The van der Waals surface area contributed by atoms with E-state index < -0.39 is 0 Å². The third kappa shape index (κ3) is 3.55. The molecule has 1 aromatic carbocycles. The van der Waals surface area contributed by atoms with Gasteiger partial charge in [0.2, 0.25) is 0 Å². The molecule has 23 heavy (non-hydrogen) atoms. The summed E-state index contributed by atoms with van der Waals surface area (Å²) in [6, 6.07) is 10.4. The molecule has 0 saturated heterocycles. The number of amides is 2. The number of hydrogen-bond acceptors (Lipinski definition) is 2. The van der Waals surface area contributed by atoms with Crippen molar-refractivity contribution in [2.45, 2.75) is 37.8 Å². The van der Waals surface area contributed by atoms with Crippen molar-refractivity contribution in [2.75, 3.05) is 7.05 Å². The van der Waals surface area contributed by atoms with Gasteiger partial charge in [0.1, 0.15) is 5.82 Å². The van der Waals surface area contributed by atoms with Crippen LogP contribution in [0.4, 0.5) is 4.79 Å². The van der Waals surface area contributed by atoms with Crippen LogP contribution >= 0.6 is 0 Å². The number of aromatic nitrogens is 2. The highest BCUT2D eigenvalue weighted by Gasteiger charge is 2.27. The van der Waals surface area contributed by atoms with Crippen LogP contribution < -0.4 is 5.32 Å². The minimum absolute atomic E-state index is 0.00207. The molecule has 0 spiro atoms. The van der Waals surface area contributed by atoms with Crippen LogP contribution in [0, 0.1) is 0 Å². The zero-order chi connectivity index (χ0) is 16.2. The number of hydrogen-bond donors (Lipinski definition) is 1. The first-order valence-corrected chi connectivity index (χ1v) is 8.19. The fourth-order valence-electron chi connectivity index (χ4n) is 2.90. The Balaban J connectivity index is 1.75. The van der Waals surface area contributed by atoms with E-state index >= 15 is 0 Å². The molecule has 1 fully saturated rings. The lowest BCUT2D eigenvalue weighted by atomic mass is 9.92. The average Bonchev–Trinajstić information content (AvgIpc) is 2.91. The van der Waals surface area contributed by atoms with E-state index in [4.69, 9.17) is 0 Å². The quantitative estimate of drug-likeness (QED) is 0.923. The van der Waals surface area contributed by atoms with Crippen LogP contribution in [0.2, 0.25) is 0 Å². The number of imidazole rings is 1. The monoisotopic (exact) mass is 312 g/mol. The van der Waals surface area contributed by atoms with Gasteiger partial charge >= 0.3 is 6.03 Å². The molecule has 2 aromatic rings. The van der Waals surface area contributed by atoms with E-state index in [1.54, 1.807) is 6.20 Å². The van der Waals surface area contributed by atoms with Gasteiger partial charge in [-0.05, 0) is 24.8 Å². The van der Waals surface area contributed by atoms with Gasteiger partial charge in [-0.3, -0.25) is 0 Å². The summed E-state index contributed by atoms with van der Waals surface area (Å²) < 4.78 is 2.00. The third-order valence-electron chi connectivity index (χ3n) is 4.75. The number of aryl methyl sites for hydroxylation is 1. The largest absolute Gasteiger partial charge is 0.338 e. The molecule has 1 saturated carbocycles. The molecule has 1 N–H and O–H groups in total. The van der Waals surface area contributed by atoms with Crippen LogP contribution in [-0.2, 0) is 13.5 Å². The van der Waals surface area contributed by atoms with Crippen molar-refractivity contribution in [3.8, 4) is 0 Å². The number of carbonyl (C=O) groups is 1. The first-order chi connectivity index (χ1) is 11.1. The molecule has 122 valence electrons. The van der Waals surface area contributed by atoms with E-state index in [1.165, 1.54) is 6.42 Å². The van der Waals surface area contributed by atoms with Crippen LogP contribution in [0.25, 0.3) is 0 Å². The zero-order valence-electron chi connectivity index (χ0n) is 13.8. The summed E-state index contributed by atoms with van der Waals surface area (Å²) in [6.45, 7) is 0. The lowest BCUT2D eigenvalue weighted by Gasteiger charge is -2.35. The van der Waals surface area contributed by atoms with Gasteiger partial charge in [-0.15, -0.1) is 0 Å². The second-order valence-corrected chi connectivity index (χ2v) is 6.27. The number of carbonyl (C=O) groups excluding carboxylic acids is 1. The maximum absolute atomic E-state index is 12.6. The van der Waals surface area contributed by atoms with Crippen LogP contribution in [0.15, 0.2) is 42.7 Å². The van der Waals surface area contributed by atoms with Gasteiger partial charge in [-0.25, -0.2) is 9.78 Å². The summed E-state index contributed by atoms with van der Waals surface area (Å²) in [5.74, 6) is 0.963. The molecule has 1 aliphatic rings. The van der Waals surface area contributed by atoms with Gasteiger partial charge in [0.25, 0.3) is 0 Å². The topological polar surface area (TPSA) is 50.2 Å². The molecule has 1 heterocycles. The predicted octanol–water partition coefficient (Wildman–Crippen LogP) is 2.90. The highest BCUT2D eigenvalue weighted by atomic mass is 16.2. The molecule has 1 aliphatic carbocycles. The van der Waals surface area contributed by atoms with Gasteiger partial charge in [0.15, 0.2) is 0 Å². The van der Waals surface area contributed by atoms with Gasteiger partial charge in [-0.2, -0.15) is 0 Å². The van der Waals surface area contributed by atoms with Crippen molar-refractivity contribution in [3.05, 3.63) is 54.1 Å². The number of nitrogens with zero attached hydrogens (tertiary/aromatic N) is 3. The Bertz CT molecular complexity index is 648. The van der Waals surface area contributed by atoms with Crippen molar-refractivity contribution >= 4 is 6.03 Å². The molecule has 1 aromatic heterocycles. The first-order valence-electron chi connectivity index (χ1n) is 8.19. The molecule has 5 heteroatoms. The van der Waals surface area contributed by atoms with Crippen molar-refractivity contribution in [3.63, 3.8) is 0 Å².